The van der Waals surface area contributed by atoms with Gasteiger partial charge in [-0.2, -0.15) is 4.98 Å². The number of nitrogens with zero attached hydrogens (tertiary/aromatic N) is 7. The Kier molecular flexibility index (Phi) is 8.38. The van der Waals surface area contributed by atoms with Crippen molar-refractivity contribution in [2.24, 2.45) is 0 Å². The maximum atomic E-state index is 15.7. The summed E-state index contributed by atoms with van der Waals surface area (Å²) in [6, 6.07) is 0. The molecule has 0 radical (unpaired) electrons. The van der Waals surface area contributed by atoms with Gasteiger partial charge in [-0.3, -0.25) is 23.5 Å². The van der Waals surface area contributed by atoms with Crippen LogP contribution in [0.25, 0.3) is 22.3 Å². The molecule has 0 aliphatic carbocycles. The second kappa shape index (κ2) is 11.9. The molecule has 2 aliphatic heterocycles. The molecule has 3 unspecified atom stereocenters. The van der Waals surface area contributed by atoms with E-state index in [-0.39, 0.29) is 34.1 Å². The van der Waals surface area contributed by atoms with Crippen LogP contribution in [0, 0.1) is 0 Å². The van der Waals surface area contributed by atoms with Crippen molar-refractivity contribution in [3.63, 3.8) is 0 Å². The number of hydrogen-bond donors (Lipinski definition) is 6. The summed E-state index contributed by atoms with van der Waals surface area (Å²) in [4.78, 5) is 55.6. The van der Waals surface area contributed by atoms with Crippen LogP contribution in [0.2, 0.25) is 0 Å². The lowest BCUT2D eigenvalue weighted by Crippen LogP contribution is -2.46. The highest BCUT2D eigenvalue weighted by atomic mass is 31.2. The number of nitrogens with one attached hydrogen (secondary N) is 1. The molecule has 24 heteroatoms. The minimum Gasteiger partial charge on any atom is -0.394 e. The van der Waals surface area contributed by atoms with Gasteiger partial charge in [-0.05, 0) is 6.92 Å². The molecule has 0 saturated carbocycles. The fourth-order valence-electron chi connectivity index (χ4n) is 5.67. The van der Waals surface area contributed by atoms with Crippen LogP contribution in [0.15, 0.2) is 23.8 Å². The molecule has 4 aromatic heterocycles. The molecule has 4 aromatic rings. The number of alkyl halides is 1. The van der Waals surface area contributed by atoms with Gasteiger partial charge >= 0.3 is 15.9 Å². The van der Waals surface area contributed by atoms with Crippen LogP contribution in [0.4, 0.5) is 16.2 Å². The summed E-state index contributed by atoms with van der Waals surface area (Å²) >= 11 is 0. The molecule has 2 saturated heterocycles. The van der Waals surface area contributed by atoms with Crippen LogP contribution in [0.1, 0.15) is 19.4 Å². The van der Waals surface area contributed by atoms with Gasteiger partial charge in [-0.15, -0.1) is 9.42 Å². The second-order valence-electron chi connectivity index (χ2n) is 10.7. The third kappa shape index (κ3) is 5.35. The monoisotopic (exact) mass is 689 g/mol. The van der Waals surface area contributed by atoms with Crippen molar-refractivity contribution >= 4 is 49.9 Å². The number of imidazole rings is 2. The number of fused-ring (bicyclic) bond motifs is 2. The number of halogens is 1. The number of rotatable bonds is 10. The summed E-state index contributed by atoms with van der Waals surface area (Å²) in [7, 11) is -7.12. The predicted molar refractivity (Wildman–Crippen MR) is 152 cm³/mol. The SMILES string of the molecule is CO[C@H]1[C@H](n2cnc3c(N)ncnc32)OC(C)(COP(=O)(O)[C@@H]2[C@@H](F)[C@@H](CO)O[C@H]2n2cnc3c(=O)[nH]c(N)nc32)[C@H]1O[P+](=O)O. The van der Waals surface area contributed by atoms with Gasteiger partial charge in [0.15, 0.2) is 41.2 Å². The normalized spacial score (nSPS) is 31.5. The van der Waals surface area contributed by atoms with Gasteiger partial charge in [0.25, 0.3) is 5.56 Å². The van der Waals surface area contributed by atoms with Crippen LogP contribution >= 0.6 is 15.9 Å². The van der Waals surface area contributed by atoms with Crippen LogP contribution in [-0.2, 0) is 32.4 Å². The lowest BCUT2D eigenvalue weighted by molar-refractivity contribution is -0.110. The average molecular weight is 689 g/mol. The van der Waals surface area contributed by atoms with Crippen LogP contribution in [0.3, 0.4) is 0 Å². The van der Waals surface area contributed by atoms with E-state index in [1.165, 1.54) is 31.3 Å². The van der Waals surface area contributed by atoms with Crippen LogP contribution in [-0.4, -0.2) is 110 Å². The van der Waals surface area contributed by atoms with E-state index in [9.17, 15) is 28.8 Å². The molecule has 0 aromatic carbocycles. The molecule has 8 N–H and O–H groups in total. The van der Waals surface area contributed by atoms with Gasteiger partial charge < -0.3 is 40.2 Å². The molecule has 0 amide bonds. The lowest BCUT2D eigenvalue weighted by atomic mass is 9.98. The van der Waals surface area contributed by atoms with E-state index in [0.29, 0.717) is 0 Å². The maximum Gasteiger partial charge on any atom is 0.695 e. The van der Waals surface area contributed by atoms with Gasteiger partial charge in [-0.1, -0.05) is 0 Å². The van der Waals surface area contributed by atoms with E-state index in [1.54, 1.807) is 0 Å². The quantitative estimate of drug-likeness (QED) is 0.112. The number of H-pyrrole nitrogens is 1. The maximum absolute atomic E-state index is 15.7. The molecule has 21 nitrogen and oxygen atoms in total. The van der Waals surface area contributed by atoms with E-state index >= 15 is 4.39 Å². The number of aromatic nitrogens is 8. The number of nitrogens with two attached hydrogens (primary N) is 2. The third-order valence-electron chi connectivity index (χ3n) is 7.81. The molecule has 2 aliphatic rings. The van der Waals surface area contributed by atoms with Crippen molar-refractivity contribution in [1.82, 2.24) is 39.0 Å². The molecule has 6 rings (SSSR count). The van der Waals surface area contributed by atoms with Crippen molar-refractivity contribution in [3.8, 4) is 0 Å². The Bertz CT molecular complexity index is 1910. The summed E-state index contributed by atoms with van der Waals surface area (Å²) in [5.74, 6) is -0.243. The largest absolute Gasteiger partial charge is 0.695 e. The number of anilines is 2. The minimum absolute atomic E-state index is 0.0673. The van der Waals surface area contributed by atoms with Crippen molar-refractivity contribution in [2.75, 3.05) is 31.8 Å². The molecular formula is C22H28FN10O11P2+. The van der Waals surface area contributed by atoms with E-state index < -0.39 is 82.8 Å². The number of ether oxygens (including phenoxy) is 3. The zero-order valence-electron chi connectivity index (χ0n) is 23.9. The topological polar surface area (TPSA) is 300 Å². The Morgan fingerprint density at radius 1 is 1.17 bits per heavy atom. The smallest absolute Gasteiger partial charge is 0.394 e. The first-order chi connectivity index (χ1) is 21.8. The minimum atomic E-state index is -5.13. The first kappa shape index (κ1) is 32.4. The van der Waals surface area contributed by atoms with E-state index in [1.807, 2.05) is 0 Å². The summed E-state index contributed by atoms with van der Waals surface area (Å²) < 4.78 is 72.0. The van der Waals surface area contributed by atoms with E-state index in [2.05, 4.69) is 29.9 Å². The van der Waals surface area contributed by atoms with Crippen molar-refractivity contribution in [1.29, 1.82) is 0 Å². The fraction of sp³-hybridized carbons (Fsp3) is 0.545. The first-order valence-electron chi connectivity index (χ1n) is 13.4. The number of methoxy groups -OCH3 is 1. The Hall–Kier alpha value is -3.56. The van der Waals surface area contributed by atoms with Crippen molar-refractivity contribution in [2.45, 2.75) is 55.1 Å². The standard InChI is InChI=1S/C22H27FN10O11P2/c1-22(14(44-45(36)37)12(40-2)19(43-22)32-6-28-10-15(24)26-5-27-16(10)32)4-41-46(38,39)13-9(23)8(3-34)42-20(13)33-7-29-11-17(33)30-21(25)31-18(11)35/h5-9,12-14,19-20,34H,3-4H2,1-2H3,(H6-,24,25,26,27,30,31,35,36,37,38,39)/p+1/t8-,9+,12-,13-,14+,19-,20-,22?/m1/s1. The molecule has 46 heavy (non-hydrogen) atoms. The highest BCUT2D eigenvalue weighted by Gasteiger charge is 2.61. The van der Waals surface area contributed by atoms with Crippen LogP contribution in [0.5, 0.6) is 0 Å². The van der Waals surface area contributed by atoms with E-state index in [0.717, 1.165) is 10.9 Å². The summed E-state index contributed by atoms with van der Waals surface area (Å²) in [6.45, 7) is -0.329. The summed E-state index contributed by atoms with van der Waals surface area (Å²) in [5.41, 5.74) is 7.08. The van der Waals surface area contributed by atoms with Gasteiger partial charge in [0.1, 0.15) is 41.5 Å². The van der Waals surface area contributed by atoms with Gasteiger partial charge in [0, 0.05) is 11.7 Å². The molecule has 0 bridgehead atoms. The van der Waals surface area contributed by atoms with Gasteiger partial charge in [0.2, 0.25) is 5.95 Å². The van der Waals surface area contributed by atoms with E-state index in [4.69, 9.17) is 34.7 Å². The fourth-order valence-corrected chi connectivity index (χ4v) is 7.90. The lowest BCUT2D eigenvalue weighted by Gasteiger charge is -2.30. The summed E-state index contributed by atoms with van der Waals surface area (Å²) in [6.07, 6.45) is -5.66. The van der Waals surface area contributed by atoms with Gasteiger partial charge in [0.05, 0.1) is 25.9 Å². The number of aliphatic hydroxyl groups excluding tert-OH is 1. The number of hydrogen-bond acceptors (Lipinski definition) is 16. The Morgan fingerprint density at radius 2 is 1.87 bits per heavy atom. The molecule has 2 fully saturated rings. The highest BCUT2D eigenvalue weighted by Crippen LogP contribution is 2.59. The Labute approximate surface area is 257 Å². The molecule has 0 spiro atoms. The predicted octanol–water partition coefficient (Wildman–Crippen LogP) is -0.740. The highest BCUT2D eigenvalue weighted by molar-refractivity contribution is 7.53. The molecular weight excluding hydrogens is 661 g/mol. The summed E-state index contributed by atoms with van der Waals surface area (Å²) in [5, 5.41) is 9.75. The first-order valence-corrected chi connectivity index (χ1v) is 16.1. The second-order valence-corrected chi connectivity index (χ2v) is 13.3. The zero-order valence-corrected chi connectivity index (χ0v) is 25.6. The number of nitrogen functional groups attached to an aromatic ring is 2. The molecule has 10 atom stereocenters. The number of aromatic amines is 1. The molecule has 248 valence electrons. The van der Waals surface area contributed by atoms with Crippen molar-refractivity contribution in [3.05, 3.63) is 29.3 Å². The average Bonchev–Trinajstić information content (AvgIpc) is 3.75. The Morgan fingerprint density at radius 3 is 2.54 bits per heavy atom. The third-order valence-corrected chi connectivity index (χ3v) is 10.0. The van der Waals surface area contributed by atoms with Crippen LogP contribution < -0.4 is 17.0 Å². The van der Waals surface area contributed by atoms with Crippen molar-refractivity contribution < 1.29 is 51.7 Å². The zero-order chi connectivity index (χ0) is 33.1. The van der Waals surface area contributed by atoms with Gasteiger partial charge in [-0.25, -0.2) is 24.3 Å². The number of aliphatic hydroxyl groups is 1. The Balaban J connectivity index is 1.33. The molecule has 6 heterocycles.